The summed E-state index contributed by atoms with van der Waals surface area (Å²) >= 11 is 6.08. The average Bonchev–Trinajstić information content (AvgIpc) is 2.78. The van der Waals surface area contributed by atoms with E-state index >= 15 is 0 Å². The maximum absolute atomic E-state index is 12.9. The monoisotopic (exact) mass is 415 g/mol. The van der Waals surface area contributed by atoms with Crippen LogP contribution in [0.15, 0.2) is 91.0 Å². The van der Waals surface area contributed by atoms with E-state index in [2.05, 4.69) is 5.32 Å². The highest BCUT2D eigenvalue weighted by Gasteiger charge is 2.22. The minimum Gasteiger partial charge on any atom is -0.508 e. The molecule has 0 bridgehead atoms. The molecule has 4 aromatic carbocycles. The van der Waals surface area contributed by atoms with Crippen LogP contribution in [-0.4, -0.2) is 11.0 Å². The van der Waals surface area contributed by atoms with E-state index in [1.165, 1.54) is 0 Å². The molecule has 150 valence electrons. The van der Waals surface area contributed by atoms with E-state index in [1.54, 1.807) is 18.2 Å². The molecule has 0 aliphatic carbocycles. The number of carbonyl (C=O) groups excluding carboxylic acids is 1. The summed E-state index contributed by atoms with van der Waals surface area (Å²) in [6, 6.07) is 28.2. The zero-order valence-electron chi connectivity index (χ0n) is 16.4. The SMILES string of the molecule is O=C(CCc1ccccc1)N[C@H](c1ccc(Cl)cc1)c1c(O)ccc2ccccc12. The van der Waals surface area contributed by atoms with Crippen LogP contribution in [0.3, 0.4) is 0 Å². The maximum Gasteiger partial charge on any atom is 0.221 e. The summed E-state index contributed by atoms with van der Waals surface area (Å²) in [5.74, 6) is 0.0724. The number of rotatable bonds is 6. The number of amides is 1. The van der Waals surface area contributed by atoms with Crippen molar-refractivity contribution in [2.45, 2.75) is 18.9 Å². The van der Waals surface area contributed by atoms with Gasteiger partial charge in [-0.3, -0.25) is 4.79 Å². The maximum atomic E-state index is 12.9. The first-order chi connectivity index (χ1) is 14.6. The molecule has 0 saturated carbocycles. The highest BCUT2D eigenvalue weighted by Crippen LogP contribution is 2.36. The molecule has 0 radical (unpaired) electrons. The quantitative estimate of drug-likeness (QED) is 0.403. The van der Waals surface area contributed by atoms with Crippen molar-refractivity contribution in [2.75, 3.05) is 0 Å². The largest absolute Gasteiger partial charge is 0.508 e. The highest BCUT2D eigenvalue weighted by molar-refractivity contribution is 6.30. The number of phenols is 1. The number of nitrogens with one attached hydrogen (secondary N) is 1. The number of aromatic hydroxyl groups is 1. The lowest BCUT2D eigenvalue weighted by Gasteiger charge is -2.23. The highest BCUT2D eigenvalue weighted by atomic mass is 35.5. The number of hydrogen-bond donors (Lipinski definition) is 2. The Hall–Kier alpha value is -3.30. The van der Waals surface area contributed by atoms with Crippen molar-refractivity contribution in [3.8, 4) is 5.75 Å². The summed E-state index contributed by atoms with van der Waals surface area (Å²) in [7, 11) is 0. The number of halogens is 1. The van der Waals surface area contributed by atoms with Gasteiger partial charge in [-0.2, -0.15) is 0 Å². The topological polar surface area (TPSA) is 49.3 Å². The minimum absolute atomic E-state index is 0.0777. The number of phenolic OH excluding ortho intramolecular Hbond substituents is 1. The van der Waals surface area contributed by atoms with Crippen LogP contribution >= 0.6 is 11.6 Å². The van der Waals surface area contributed by atoms with Crippen LogP contribution in [0.1, 0.15) is 29.2 Å². The molecule has 0 aliphatic heterocycles. The Labute approximate surface area is 180 Å². The first-order valence-corrected chi connectivity index (χ1v) is 10.3. The van der Waals surface area contributed by atoms with Crippen molar-refractivity contribution >= 4 is 28.3 Å². The molecular weight excluding hydrogens is 394 g/mol. The fraction of sp³-hybridized carbons (Fsp3) is 0.115. The molecule has 0 aliphatic rings. The molecule has 0 heterocycles. The van der Waals surface area contributed by atoms with E-state index in [4.69, 9.17) is 11.6 Å². The molecule has 0 fully saturated rings. The Balaban J connectivity index is 1.68. The first-order valence-electron chi connectivity index (χ1n) is 9.91. The van der Waals surface area contributed by atoms with Gasteiger partial charge < -0.3 is 10.4 Å². The second-order valence-electron chi connectivity index (χ2n) is 7.26. The standard InChI is InChI=1S/C26H22ClNO2/c27-21-14-11-20(12-15-21)26(28-24(30)17-10-18-6-2-1-3-7-18)25-22-9-5-4-8-19(22)13-16-23(25)29/h1-9,11-16,26,29H,10,17H2,(H,28,30)/t26-/m1/s1. The van der Waals surface area contributed by atoms with Crippen molar-refractivity contribution < 1.29 is 9.90 Å². The molecule has 0 unspecified atom stereocenters. The molecule has 1 atom stereocenters. The molecule has 4 rings (SSSR count). The smallest absolute Gasteiger partial charge is 0.221 e. The Morgan fingerprint density at radius 3 is 2.33 bits per heavy atom. The molecule has 4 heteroatoms. The lowest BCUT2D eigenvalue weighted by Crippen LogP contribution is -2.29. The molecule has 0 spiro atoms. The Morgan fingerprint density at radius 2 is 1.57 bits per heavy atom. The number of carbonyl (C=O) groups is 1. The van der Waals surface area contributed by atoms with Gasteiger partial charge in [-0.15, -0.1) is 0 Å². The summed E-state index contributed by atoms with van der Waals surface area (Å²) in [4.78, 5) is 12.9. The van der Waals surface area contributed by atoms with Crippen LogP contribution in [0.5, 0.6) is 5.75 Å². The van der Waals surface area contributed by atoms with Gasteiger partial charge in [0, 0.05) is 17.0 Å². The van der Waals surface area contributed by atoms with E-state index in [-0.39, 0.29) is 11.7 Å². The minimum atomic E-state index is -0.489. The van der Waals surface area contributed by atoms with Gasteiger partial charge in [-0.05, 0) is 46.5 Å². The number of benzene rings is 4. The lowest BCUT2D eigenvalue weighted by molar-refractivity contribution is -0.121. The Bertz CT molecular complexity index is 1160. The number of aryl methyl sites for hydroxylation is 1. The summed E-state index contributed by atoms with van der Waals surface area (Å²) in [5, 5.41) is 16.4. The van der Waals surface area contributed by atoms with Gasteiger partial charge >= 0.3 is 0 Å². The molecule has 2 N–H and O–H groups in total. The van der Waals surface area contributed by atoms with Crippen molar-refractivity contribution in [1.29, 1.82) is 0 Å². The molecule has 30 heavy (non-hydrogen) atoms. The molecule has 4 aromatic rings. The van der Waals surface area contributed by atoms with Crippen LogP contribution in [-0.2, 0) is 11.2 Å². The van der Waals surface area contributed by atoms with Gasteiger partial charge in [0.25, 0.3) is 0 Å². The van der Waals surface area contributed by atoms with Crippen molar-refractivity contribution in [1.82, 2.24) is 5.32 Å². The number of hydrogen-bond acceptors (Lipinski definition) is 2. The first kappa shape index (κ1) is 20.0. The number of fused-ring (bicyclic) bond motifs is 1. The van der Waals surface area contributed by atoms with Gasteiger partial charge in [-0.1, -0.05) is 84.4 Å². The second-order valence-corrected chi connectivity index (χ2v) is 7.69. The third kappa shape index (κ3) is 4.47. The van der Waals surface area contributed by atoms with Gasteiger partial charge in [0.1, 0.15) is 5.75 Å². The predicted molar refractivity (Wildman–Crippen MR) is 122 cm³/mol. The summed E-state index contributed by atoms with van der Waals surface area (Å²) in [5.41, 5.74) is 2.66. The third-order valence-electron chi connectivity index (χ3n) is 5.23. The van der Waals surface area contributed by atoms with E-state index in [0.29, 0.717) is 23.4 Å². The molecule has 0 aromatic heterocycles. The van der Waals surface area contributed by atoms with E-state index < -0.39 is 6.04 Å². The Morgan fingerprint density at radius 1 is 0.867 bits per heavy atom. The third-order valence-corrected chi connectivity index (χ3v) is 5.48. The molecule has 0 saturated heterocycles. The van der Waals surface area contributed by atoms with Crippen LogP contribution in [0, 0.1) is 0 Å². The summed E-state index contributed by atoms with van der Waals surface area (Å²) in [6.07, 6.45) is 1.02. The van der Waals surface area contributed by atoms with E-state index in [0.717, 1.165) is 21.9 Å². The van der Waals surface area contributed by atoms with E-state index in [9.17, 15) is 9.90 Å². The van der Waals surface area contributed by atoms with Gasteiger partial charge in [0.2, 0.25) is 5.91 Å². The van der Waals surface area contributed by atoms with Crippen molar-refractivity contribution in [3.05, 3.63) is 113 Å². The lowest BCUT2D eigenvalue weighted by atomic mass is 9.92. The van der Waals surface area contributed by atoms with Crippen LogP contribution in [0.25, 0.3) is 10.8 Å². The zero-order valence-corrected chi connectivity index (χ0v) is 17.1. The van der Waals surface area contributed by atoms with Crippen LogP contribution < -0.4 is 5.32 Å². The normalized spacial score (nSPS) is 11.9. The molecule has 1 amide bonds. The van der Waals surface area contributed by atoms with Gasteiger partial charge in [0.05, 0.1) is 6.04 Å². The fourth-order valence-electron chi connectivity index (χ4n) is 3.70. The average molecular weight is 416 g/mol. The molecule has 3 nitrogen and oxygen atoms in total. The second kappa shape index (κ2) is 9.02. The fourth-order valence-corrected chi connectivity index (χ4v) is 3.83. The van der Waals surface area contributed by atoms with Gasteiger partial charge in [0.15, 0.2) is 0 Å². The Kier molecular flexibility index (Phi) is 6.01. The van der Waals surface area contributed by atoms with Crippen molar-refractivity contribution in [3.63, 3.8) is 0 Å². The predicted octanol–water partition coefficient (Wildman–Crippen LogP) is 6.04. The van der Waals surface area contributed by atoms with Crippen LogP contribution in [0.4, 0.5) is 0 Å². The van der Waals surface area contributed by atoms with Gasteiger partial charge in [-0.25, -0.2) is 0 Å². The van der Waals surface area contributed by atoms with Crippen molar-refractivity contribution in [2.24, 2.45) is 0 Å². The molecular formula is C26H22ClNO2. The zero-order chi connectivity index (χ0) is 20.9. The van der Waals surface area contributed by atoms with Crippen LogP contribution in [0.2, 0.25) is 5.02 Å². The summed E-state index contributed by atoms with van der Waals surface area (Å²) < 4.78 is 0. The summed E-state index contributed by atoms with van der Waals surface area (Å²) in [6.45, 7) is 0. The van der Waals surface area contributed by atoms with E-state index in [1.807, 2.05) is 72.8 Å².